The molecule has 2 aromatic heterocycles. The quantitative estimate of drug-likeness (QED) is 0.405. The number of halogens is 1. The standard InChI is InChI=1S/C25H24BrN3O2/c26-20-16-22-23(24(28-25(22)27-17-20)18-5-2-1-3-6-18)19-7-4-8-21(15-19)31-14-11-29-9-12-30-13-10-29/h1-8,15-17H,9-14H2,(H,27,28). The summed E-state index contributed by atoms with van der Waals surface area (Å²) in [4.78, 5) is 10.5. The minimum Gasteiger partial charge on any atom is -0.492 e. The zero-order valence-electron chi connectivity index (χ0n) is 17.2. The Bertz CT molecular complexity index is 1170. The molecule has 1 fully saturated rings. The molecule has 0 atom stereocenters. The lowest BCUT2D eigenvalue weighted by atomic mass is 9.99. The van der Waals surface area contributed by atoms with Crippen molar-refractivity contribution in [3.63, 3.8) is 0 Å². The van der Waals surface area contributed by atoms with Gasteiger partial charge in [0, 0.05) is 41.3 Å². The first-order valence-corrected chi connectivity index (χ1v) is 11.3. The van der Waals surface area contributed by atoms with E-state index in [1.54, 1.807) is 0 Å². The fourth-order valence-corrected chi connectivity index (χ4v) is 4.36. The summed E-state index contributed by atoms with van der Waals surface area (Å²) in [6.45, 7) is 5.13. The Morgan fingerprint density at radius 2 is 1.81 bits per heavy atom. The second-order valence-electron chi connectivity index (χ2n) is 7.62. The molecule has 2 aromatic carbocycles. The smallest absolute Gasteiger partial charge is 0.138 e. The predicted octanol–water partition coefficient (Wildman–Crippen LogP) is 5.37. The summed E-state index contributed by atoms with van der Waals surface area (Å²) in [6.07, 6.45) is 1.82. The van der Waals surface area contributed by atoms with E-state index in [0.717, 1.165) is 76.5 Å². The van der Waals surface area contributed by atoms with Crippen molar-refractivity contribution in [1.29, 1.82) is 0 Å². The van der Waals surface area contributed by atoms with Crippen LogP contribution in [0.2, 0.25) is 0 Å². The zero-order valence-corrected chi connectivity index (χ0v) is 18.8. The van der Waals surface area contributed by atoms with Gasteiger partial charge in [-0.1, -0.05) is 42.5 Å². The molecule has 1 saturated heterocycles. The molecule has 158 valence electrons. The van der Waals surface area contributed by atoms with Crippen molar-refractivity contribution in [2.45, 2.75) is 0 Å². The van der Waals surface area contributed by atoms with Gasteiger partial charge >= 0.3 is 0 Å². The number of hydrogen-bond donors (Lipinski definition) is 1. The molecule has 0 unspecified atom stereocenters. The lowest BCUT2D eigenvalue weighted by molar-refractivity contribution is 0.0322. The van der Waals surface area contributed by atoms with Gasteiger partial charge < -0.3 is 14.5 Å². The Kier molecular flexibility index (Phi) is 6.02. The van der Waals surface area contributed by atoms with Crippen molar-refractivity contribution in [2.24, 2.45) is 0 Å². The fraction of sp³-hybridized carbons (Fsp3) is 0.240. The summed E-state index contributed by atoms with van der Waals surface area (Å²) in [5, 5.41) is 1.08. The van der Waals surface area contributed by atoms with Crippen LogP contribution in [0, 0.1) is 0 Å². The molecule has 0 saturated carbocycles. The van der Waals surface area contributed by atoms with Crippen LogP contribution >= 0.6 is 15.9 Å². The molecule has 3 heterocycles. The molecule has 1 aliphatic heterocycles. The fourth-order valence-electron chi connectivity index (χ4n) is 4.02. The van der Waals surface area contributed by atoms with Crippen LogP contribution in [0.4, 0.5) is 0 Å². The van der Waals surface area contributed by atoms with Gasteiger partial charge in [0.05, 0.1) is 18.9 Å². The molecule has 0 radical (unpaired) electrons. The van der Waals surface area contributed by atoms with Crippen LogP contribution in [0.25, 0.3) is 33.4 Å². The van der Waals surface area contributed by atoms with E-state index in [1.165, 1.54) is 0 Å². The highest BCUT2D eigenvalue weighted by Crippen LogP contribution is 2.39. The zero-order chi connectivity index (χ0) is 21.0. The summed E-state index contributed by atoms with van der Waals surface area (Å²) in [5.74, 6) is 0.877. The van der Waals surface area contributed by atoms with Crippen molar-refractivity contribution in [2.75, 3.05) is 39.5 Å². The number of rotatable bonds is 6. The highest BCUT2D eigenvalue weighted by molar-refractivity contribution is 9.10. The molecule has 0 amide bonds. The van der Waals surface area contributed by atoms with Gasteiger partial charge in [0.1, 0.15) is 18.0 Å². The molecule has 6 heteroatoms. The third-order valence-corrected chi connectivity index (χ3v) is 6.02. The lowest BCUT2D eigenvalue weighted by Gasteiger charge is -2.26. The lowest BCUT2D eigenvalue weighted by Crippen LogP contribution is -2.38. The number of pyridine rings is 1. The van der Waals surface area contributed by atoms with Crippen LogP contribution in [0.3, 0.4) is 0 Å². The summed E-state index contributed by atoms with van der Waals surface area (Å²) in [6, 6.07) is 20.8. The van der Waals surface area contributed by atoms with E-state index in [0.29, 0.717) is 6.61 Å². The van der Waals surface area contributed by atoms with Crippen LogP contribution in [-0.2, 0) is 4.74 Å². The average Bonchev–Trinajstić information content (AvgIpc) is 3.19. The number of ether oxygens (including phenoxy) is 2. The third-order valence-electron chi connectivity index (χ3n) is 5.58. The van der Waals surface area contributed by atoms with E-state index in [2.05, 4.69) is 79.3 Å². The topological polar surface area (TPSA) is 50.4 Å². The van der Waals surface area contributed by atoms with Crippen molar-refractivity contribution >= 4 is 27.0 Å². The van der Waals surface area contributed by atoms with Crippen molar-refractivity contribution in [3.05, 3.63) is 71.3 Å². The molecular formula is C25H24BrN3O2. The third kappa shape index (κ3) is 4.51. The van der Waals surface area contributed by atoms with E-state index in [-0.39, 0.29) is 0 Å². The number of benzene rings is 2. The van der Waals surface area contributed by atoms with Crippen molar-refractivity contribution in [3.8, 4) is 28.1 Å². The van der Waals surface area contributed by atoms with Crippen LogP contribution in [0.5, 0.6) is 5.75 Å². The number of aromatic amines is 1. The molecule has 1 N–H and O–H groups in total. The molecular weight excluding hydrogens is 454 g/mol. The molecule has 0 bridgehead atoms. The highest BCUT2D eigenvalue weighted by Gasteiger charge is 2.17. The van der Waals surface area contributed by atoms with Crippen LogP contribution in [-0.4, -0.2) is 54.3 Å². The Labute approximate surface area is 190 Å². The molecule has 5 rings (SSSR count). The first kappa shape index (κ1) is 20.2. The summed E-state index contributed by atoms with van der Waals surface area (Å²) >= 11 is 3.58. The van der Waals surface area contributed by atoms with Gasteiger partial charge in [0.15, 0.2) is 0 Å². The van der Waals surface area contributed by atoms with E-state index < -0.39 is 0 Å². The van der Waals surface area contributed by atoms with Crippen molar-refractivity contribution in [1.82, 2.24) is 14.9 Å². The van der Waals surface area contributed by atoms with E-state index in [1.807, 2.05) is 18.3 Å². The molecule has 0 aliphatic carbocycles. The normalized spacial score (nSPS) is 14.7. The van der Waals surface area contributed by atoms with Crippen molar-refractivity contribution < 1.29 is 9.47 Å². The van der Waals surface area contributed by atoms with E-state index in [4.69, 9.17) is 9.47 Å². The van der Waals surface area contributed by atoms with Gasteiger partial charge in [-0.3, -0.25) is 4.90 Å². The van der Waals surface area contributed by atoms with Gasteiger partial charge in [0.2, 0.25) is 0 Å². The maximum absolute atomic E-state index is 6.11. The number of morpholine rings is 1. The molecule has 0 spiro atoms. The minimum absolute atomic E-state index is 0.663. The Morgan fingerprint density at radius 1 is 1.00 bits per heavy atom. The van der Waals surface area contributed by atoms with E-state index >= 15 is 0 Å². The Hall–Kier alpha value is -2.67. The SMILES string of the molecule is Brc1cnc2[nH]c(-c3ccccc3)c(-c3cccc(OCCN4CCOCC4)c3)c2c1. The second-order valence-corrected chi connectivity index (χ2v) is 8.54. The van der Waals surface area contributed by atoms with Crippen LogP contribution in [0.15, 0.2) is 71.3 Å². The molecule has 5 nitrogen and oxygen atoms in total. The number of hydrogen-bond acceptors (Lipinski definition) is 4. The van der Waals surface area contributed by atoms with Crippen LogP contribution < -0.4 is 4.74 Å². The first-order chi connectivity index (χ1) is 15.3. The number of nitrogens with one attached hydrogen (secondary N) is 1. The predicted molar refractivity (Wildman–Crippen MR) is 127 cm³/mol. The van der Waals surface area contributed by atoms with E-state index in [9.17, 15) is 0 Å². The first-order valence-electron chi connectivity index (χ1n) is 10.5. The average molecular weight is 478 g/mol. The summed E-state index contributed by atoms with van der Waals surface area (Å²) in [5.41, 5.74) is 5.30. The maximum Gasteiger partial charge on any atom is 0.138 e. The van der Waals surface area contributed by atoms with Gasteiger partial charge in [-0.2, -0.15) is 0 Å². The van der Waals surface area contributed by atoms with Gasteiger partial charge in [-0.05, 0) is 45.3 Å². The van der Waals surface area contributed by atoms with Gasteiger partial charge in [-0.15, -0.1) is 0 Å². The molecule has 1 aliphatic rings. The maximum atomic E-state index is 6.11. The highest BCUT2D eigenvalue weighted by atomic mass is 79.9. The Balaban J connectivity index is 1.47. The van der Waals surface area contributed by atoms with Crippen LogP contribution in [0.1, 0.15) is 0 Å². The second kappa shape index (κ2) is 9.22. The monoisotopic (exact) mass is 477 g/mol. The van der Waals surface area contributed by atoms with Gasteiger partial charge in [0.25, 0.3) is 0 Å². The number of aromatic nitrogens is 2. The minimum atomic E-state index is 0.663. The summed E-state index contributed by atoms with van der Waals surface area (Å²) in [7, 11) is 0. The number of nitrogens with zero attached hydrogens (tertiary/aromatic N) is 2. The Morgan fingerprint density at radius 3 is 2.65 bits per heavy atom. The number of H-pyrrole nitrogens is 1. The molecule has 4 aromatic rings. The number of fused-ring (bicyclic) bond motifs is 1. The molecule has 31 heavy (non-hydrogen) atoms. The largest absolute Gasteiger partial charge is 0.492 e. The summed E-state index contributed by atoms with van der Waals surface area (Å²) < 4.78 is 12.5. The van der Waals surface area contributed by atoms with Gasteiger partial charge in [-0.25, -0.2) is 4.98 Å².